The molecular formula is C26H37N3O6. The van der Waals surface area contributed by atoms with Crippen LogP contribution >= 0.6 is 0 Å². The number of nitrogens with zero attached hydrogens (tertiary/aromatic N) is 1. The predicted octanol–water partition coefficient (Wildman–Crippen LogP) is 2.67. The van der Waals surface area contributed by atoms with Crippen LogP contribution in [-0.2, 0) is 14.4 Å². The van der Waals surface area contributed by atoms with Gasteiger partial charge >= 0.3 is 0 Å². The molecule has 3 rings (SSSR count). The summed E-state index contributed by atoms with van der Waals surface area (Å²) in [5, 5.41) is 5.64. The second-order valence-electron chi connectivity index (χ2n) is 10.1. The van der Waals surface area contributed by atoms with Crippen LogP contribution in [0, 0.1) is 11.8 Å². The predicted molar refractivity (Wildman–Crippen MR) is 130 cm³/mol. The maximum Gasteiger partial charge on any atom is 0.252 e. The van der Waals surface area contributed by atoms with Gasteiger partial charge in [0.2, 0.25) is 18.6 Å². The summed E-state index contributed by atoms with van der Waals surface area (Å²) in [5.74, 6) is 0.609. The number of ketones is 1. The van der Waals surface area contributed by atoms with Crippen LogP contribution in [0.3, 0.4) is 0 Å². The minimum absolute atomic E-state index is 0.000276. The van der Waals surface area contributed by atoms with Crippen molar-refractivity contribution in [1.82, 2.24) is 15.5 Å². The fourth-order valence-corrected chi connectivity index (χ4v) is 4.22. The zero-order valence-electron chi connectivity index (χ0n) is 21.1. The van der Waals surface area contributed by atoms with Gasteiger partial charge in [-0.2, -0.15) is 0 Å². The molecule has 1 aromatic carbocycles. The average molecular weight is 488 g/mol. The van der Waals surface area contributed by atoms with Gasteiger partial charge in [-0.05, 0) is 55.7 Å². The maximum atomic E-state index is 13.1. The van der Waals surface area contributed by atoms with E-state index in [1.165, 1.54) is 0 Å². The Morgan fingerprint density at radius 3 is 2.54 bits per heavy atom. The average Bonchev–Trinajstić information content (AvgIpc) is 3.20. The second kappa shape index (κ2) is 12.0. The largest absolute Gasteiger partial charge is 0.454 e. The van der Waals surface area contributed by atoms with Gasteiger partial charge in [0.05, 0.1) is 12.6 Å². The third-order valence-electron chi connectivity index (χ3n) is 6.22. The lowest BCUT2D eigenvalue weighted by atomic mass is 10.0. The maximum absolute atomic E-state index is 13.1. The molecule has 1 unspecified atom stereocenters. The van der Waals surface area contributed by atoms with E-state index >= 15 is 0 Å². The van der Waals surface area contributed by atoms with Crippen molar-refractivity contribution in [3.8, 4) is 11.5 Å². The van der Waals surface area contributed by atoms with E-state index in [1.807, 2.05) is 13.8 Å². The minimum Gasteiger partial charge on any atom is -0.454 e. The van der Waals surface area contributed by atoms with E-state index in [4.69, 9.17) is 9.47 Å². The topological polar surface area (TPSA) is 114 Å². The molecule has 9 nitrogen and oxygen atoms in total. The monoisotopic (exact) mass is 487 g/mol. The lowest BCUT2D eigenvalue weighted by Gasteiger charge is -2.24. The molecule has 192 valence electrons. The van der Waals surface area contributed by atoms with Crippen LogP contribution in [0.2, 0.25) is 0 Å². The number of carbonyl (C=O) groups excluding carboxylic acids is 4. The quantitative estimate of drug-likeness (QED) is 0.554. The van der Waals surface area contributed by atoms with E-state index in [0.717, 1.165) is 6.42 Å². The third-order valence-corrected chi connectivity index (χ3v) is 6.22. The number of nitrogens with one attached hydrogen (secondary N) is 2. The number of likely N-dealkylation sites (tertiary alicyclic amines) is 1. The normalized spacial score (nSPS) is 18.4. The first-order valence-corrected chi connectivity index (χ1v) is 12.5. The number of hydrogen-bond acceptors (Lipinski definition) is 6. The molecule has 2 N–H and O–H groups in total. The third kappa shape index (κ3) is 7.44. The Morgan fingerprint density at radius 2 is 1.83 bits per heavy atom. The zero-order chi connectivity index (χ0) is 25.5. The number of rotatable bonds is 9. The van der Waals surface area contributed by atoms with Crippen molar-refractivity contribution in [2.75, 3.05) is 19.9 Å². The lowest BCUT2D eigenvalue weighted by molar-refractivity contribution is -0.135. The van der Waals surface area contributed by atoms with Gasteiger partial charge in [0.25, 0.3) is 5.91 Å². The Kier molecular flexibility index (Phi) is 9.12. The summed E-state index contributed by atoms with van der Waals surface area (Å²) in [6, 6.07) is 3.39. The van der Waals surface area contributed by atoms with E-state index in [9.17, 15) is 19.2 Å². The SMILES string of the molecule is CC(C)CCC(=O)N1CCC[C@H](NC(=O)C(CC(C)C)NC(=O)c2ccc3c(c2)OCO3)C(=O)C1. The first-order valence-electron chi connectivity index (χ1n) is 12.5. The van der Waals surface area contributed by atoms with Crippen LogP contribution in [-0.4, -0.2) is 60.4 Å². The van der Waals surface area contributed by atoms with Gasteiger partial charge in [0.15, 0.2) is 17.3 Å². The summed E-state index contributed by atoms with van der Waals surface area (Å²) >= 11 is 0. The molecule has 1 fully saturated rings. The fourth-order valence-electron chi connectivity index (χ4n) is 4.22. The highest BCUT2D eigenvalue weighted by atomic mass is 16.7. The molecule has 0 saturated carbocycles. The van der Waals surface area contributed by atoms with E-state index in [2.05, 4.69) is 24.5 Å². The van der Waals surface area contributed by atoms with Crippen molar-refractivity contribution in [3.05, 3.63) is 23.8 Å². The molecule has 2 aliphatic rings. The van der Waals surface area contributed by atoms with Gasteiger partial charge in [-0.15, -0.1) is 0 Å². The first-order chi connectivity index (χ1) is 16.6. The standard InChI is InChI=1S/C26H37N3O6/c1-16(2)7-10-24(31)29-11-5-6-19(21(30)14-29)27-26(33)20(12-17(3)4)28-25(32)18-8-9-22-23(13-18)35-15-34-22/h8-9,13,16-17,19-20H,5-7,10-12,14-15H2,1-4H3,(H,27,33)(H,28,32)/t19-,20?/m0/s1. The van der Waals surface area contributed by atoms with Crippen LogP contribution < -0.4 is 20.1 Å². The number of amides is 3. The molecule has 2 heterocycles. The number of benzene rings is 1. The first kappa shape index (κ1) is 26.5. The summed E-state index contributed by atoms with van der Waals surface area (Å²) in [4.78, 5) is 53.0. The molecule has 2 atom stereocenters. The van der Waals surface area contributed by atoms with Crippen molar-refractivity contribution >= 4 is 23.5 Å². The van der Waals surface area contributed by atoms with Gasteiger partial charge in [0.1, 0.15) is 6.04 Å². The summed E-state index contributed by atoms with van der Waals surface area (Å²) in [5.41, 5.74) is 0.358. The van der Waals surface area contributed by atoms with Crippen molar-refractivity contribution in [2.24, 2.45) is 11.8 Å². The van der Waals surface area contributed by atoms with Crippen LogP contribution in [0.15, 0.2) is 18.2 Å². The van der Waals surface area contributed by atoms with Gasteiger partial charge in [0, 0.05) is 18.5 Å². The number of fused-ring (bicyclic) bond motifs is 1. The van der Waals surface area contributed by atoms with Crippen molar-refractivity contribution in [1.29, 1.82) is 0 Å². The van der Waals surface area contributed by atoms with Crippen LogP contribution in [0.4, 0.5) is 0 Å². The van der Waals surface area contributed by atoms with Gasteiger partial charge in [-0.3, -0.25) is 19.2 Å². The van der Waals surface area contributed by atoms with E-state index in [0.29, 0.717) is 55.2 Å². The lowest BCUT2D eigenvalue weighted by Crippen LogP contribution is -2.52. The van der Waals surface area contributed by atoms with Crippen molar-refractivity contribution in [2.45, 2.75) is 71.9 Å². The molecule has 9 heteroatoms. The second-order valence-corrected chi connectivity index (χ2v) is 10.1. The molecule has 0 aromatic heterocycles. The summed E-state index contributed by atoms with van der Waals surface area (Å²) < 4.78 is 10.6. The van der Waals surface area contributed by atoms with E-state index in [1.54, 1.807) is 23.1 Å². The summed E-state index contributed by atoms with van der Waals surface area (Å²) in [6.07, 6.45) is 2.71. The highest BCUT2D eigenvalue weighted by Gasteiger charge is 2.31. The van der Waals surface area contributed by atoms with Crippen LogP contribution in [0.1, 0.15) is 70.2 Å². The number of carbonyl (C=O) groups is 4. The fraction of sp³-hybridized carbons (Fsp3) is 0.615. The minimum atomic E-state index is -0.798. The zero-order valence-corrected chi connectivity index (χ0v) is 21.1. The molecular weight excluding hydrogens is 450 g/mol. The van der Waals surface area contributed by atoms with Gasteiger partial charge < -0.3 is 25.0 Å². The molecule has 1 aromatic rings. The summed E-state index contributed by atoms with van der Waals surface area (Å²) in [6.45, 7) is 8.66. The Hall–Kier alpha value is -3.10. The molecule has 0 radical (unpaired) electrons. The number of Topliss-reactive ketones (excluding diaryl/α,β-unsaturated/α-hetero) is 1. The van der Waals surface area contributed by atoms with Gasteiger partial charge in [-0.25, -0.2) is 0 Å². The summed E-state index contributed by atoms with van der Waals surface area (Å²) in [7, 11) is 0. The van der Waals surface area contributed by atoms with Crippen LogP contribution in [0.25, 0.3) is 0 Å². The molecule has 0 spiro atoms. The Balaban J connectivity index is 1.61. The van der Waals surface area contributed by atoms with Gasteiger partial charge in [-0.1, -0.05) is 27.7 Å². The van der Waals surface area contributed by atoms with Crippen molar-refractivity contribution < 1.29 is 28.7 Å². The van der Waals surface area contributed by atoms with E-state index < -0.39 is 23.9 Å². The smallest absolute Gasteiger partial charge is 0.252 e. The van der Waals surface area contributed by atoms with E-state index in [-0.39, 0.29) is 30.9 Å². The molecule has 2 aliphatic heterocycles. The molecule has 0 aliphatic carbocycles. The Morgan fingerprint density at radius 1 is 1.09 bits per heavy atom. The van der Waals surface area contributed by atoms with Crippen molar-refractivity contribution in [3.63, 3.8) is 0 Å². The molecule has 35 heavy (non-hydrogen) atoms. The number of hydrogen-bond donors (Lipinski definition) is 2. The molecule has 1 saturated heterocycles. The highest BCUT2D eigenvalue weighted by molar-refractivity contribution is 5.99. The molecule has 3 amide bonds. The Labute approximate surface area is 206 Å². The number of ether oxygens (including phenoxy) is 2. The highest BCUT2D eigenvalue weighted by Crippen LogP contribution is 2.32. The van der Waals surface area contributed by atoms with Crippen LogP contribution in [0.5, 0.6) is 11.5 Å². The molecule has 0 bridgehead atoms. The Bertz CT molecular complexity index is 945.